The van der Waals surface area contributed by atoms with Gasteiger partial charge in [-0.15, -0.1) is 0 Å². The Kier molecular flexibility index (Phi) is 3.60. The first-order chi connectivity index (χ1) is 9.83. The van der Waals surface area contributed by atoms with E-state index in [2.05, 4.69) is 15.6 Å². The average molecular weight is 268 g/mol. The molecule has 0 aromatic heterocycles. The summed E-state index contributed by atoms with van der Waals surface area (Å²) in [5, 5.41) is 6.21. The van der Waals surface area contributed by atoms with Gasteiger partial charge in [-0.1, -0.05) is 18.2 Å². The number of aliphatic imine (C=N–C) groups is 1. The summed E-state index contributed by atoms with van der Waals surface area (Å²) < 4.78 is 0. The van der Waals surface area contributed by atoms with Crippen molar-refractivity contribution in [2.75, 3.05) is 19.8 Å². The van der Waals surface area contributed by atoms with Crippen LogP contribution in [0.15, 0.2) is 58.9 Å². The van der Waals surface area contributed by atoms with Gasteiger partial charge in [0, 0.05) is 23.5 Å². The molecule has 102 valence electrons. The number of benzene rings is 1. The molecule has 0 radical (unpaired) electrons. The van der Waals surface area contributed by atoms with Crippen molar-refractivity contribution in [3.05, 3.63) is 59.4 Å². The predicted octanol–water partition coefficient (Wildman–Crippen LogP) is 1.09. The predicted molar refractivity (Wildman–Crippen MR) is 78.1 cm³/mol. The molecule has 0 bridgehead atoms. The Morgan fingerprint density at radius 1 is 1.30 bits per heavy atom. The molecule has 0 spiro atoms. The van der Waals surface area contributed by atoms with E-state index in [1.165, 1.54) is 0 Å². The lowest BCUT2D eigenvalue weighted by Gasteiger charge is -2.20. The molecule has 0 saturated heterocycles. The molecule has 2 heterocycles. The van der Waals surface area contributed by atoms with Crippen LogP contribution in [-0.2, 0) is 0 Å². The van der Waals surface area contributed by atoms with Crippen LogP contribution in [0.2, 0.25) is 0 Å². The van der Waals surface area contributed by atoms with E-state index in [-0.39, 0.29) is 5.91 Å². The lowest BCUT2D eigenvalue weighted by molar-refractivity contribution is 0.0967. The summed E-state index contributed by atoms with van der Waals surface area (Å²) in [6.07, 6.45) is 5.78. The Balaban J connectivity index is 1.76. The molecule has 1 aromatic carbocycles. The summed E-state index contributed by atoms with van der Waals surface area (Å²) in [6.45, 7) is 2.10. The van der Waals surface area contributed by atoms with Crippen molar-refractivity contribution >= 4 is 12.2 Å². The molecule has 3 rings (SSSR count). The summed E-state index contributed by atoms with van der Waals surface area (Å²) in [5.74, 6) is -0.0975. The zero-order chi connectivity index (χ0) is 13.8. The number of nitrogens with zero attached hydrogens (tertiary/aromatic N) is 2. The minimum Gasteiger partial charge on any atom is -0.322 e. The van der Waals surface area contributed by atoms with Crippen molar-refractivity contribution in [2.45, 2.75) is 0 Å². The molecule has 1 amide bonds. The minimum atomic E-state index is -0.0975. The minimum absolute atomic E-state index is 0.0975. The van der Waals surface area contributed by atoms with Gasteiger partial charge >= 0.3 is 0 Å². The van der Waals surface area contributed by atoms with Crippen molar-refractivity contribution in [3.63, 3.8) is 0 Å². The second-order valence-electron chi connectivity index (χ2n) is 4.65. The summed E-state index contributed by atoms with van der Waals surface area (Å²) in [7, 11) is 0. The third kappa shape index (κ3) is 2.78. The molecule has 20 heavy (non-hydrogen) atoms. The maximum absolute atomic E-state index is 12.2. The summed E-state index contributed by atoms with van der Waals surface area (Å²) >= 11 is 0. The Morgan fingerprint density at radius 3 is 3.00 bits per heavy atom. The molecule has 0 fully saturated rings. The van der Waals surface area contributed by atoms with Crippen LogP contribution >= 0.6 is 0 Å². The van der Waals surface area contributed by atoms with Gasteiger partial charge in [-0.05, 0) is 24.3 Å². The second kappa shape index (κ2) is 5.71. The van der Waals surface area contributed by atoms with Gasteiger partial charge < -0.3 is 10.2 Å². The maximum Gasteiger partial charge on any atom is 0.255 e. The molecule has 0 aliphatic carbocycles. The lowest BCUT2D eigenvalue weighted by Crippen LogP contribution is -2.34. The van der Waals surface area contributed by atoms with E-state index in [0.717, 1.165) is 18.1 Å². The van der Waals surface area contributed by atoms with Gasteiger partial charge in [0.05, 0.1) is 19.6 Å². The number of fused-ring (bicyclic) bond motifs is 1. The van der Waals surface area contributed by atoms with Crippen LogP contribution in [-0.4, -0.2) is 36.9 Å². The summed E-state index contributed by atoms with van der Waals surface area (Å²) in [5.41, 5.74) is 2.54. The molecular weight excluding hydrogens is 252 g/mol. The van der Waals surface area contributed by atoms with E-state index < -0.39 is 0 Å². The van der Waals surface area contributed by atoms with Crippen molar-refractivity contribution in [1.82, 2.24) is 15.5 Å². The van der Waals surface area contributed by atoms with Gasteiger partial charge in [0.25, 0.3) is 5.91 Å². The third-order valence-corrected chi connectivity index (χ3v) is 3.21. The number of hydrogen-bond acceptors (Lipinski definition) is 4. The van der Waals surface area contributed by atoms with Gasteiger partial charge in [-0.25, -0.2) is 0 Å². The molecule has 0 saturated carbocycles. The molecule has 0 atom stereocenters. The molecular formula is C15H16N4O. The quantitative estimate of drug-likeness (QED) is 0.844. The monoisotopic (exact) mass is 268 g/mol. The first-order valence-corrected chi connectivity index (χ1v) is 6.57. The summed E-state index contributed by atoms with van der Waals surface area (Å²) in [6, 6.07) is 9.21. The Labute approximate surface area is 117 Å². The molecule has 0 unspecified atom stereocenters. The number of carbonyl (C=O) groups is 1. The third-order valence-electron chi connectivity index (χ3n) is 3.21. The first-order valence-electron chi connectivity index (χ1n) is 6.57. The van der Waals surface area contributed by atoms with Crippen LogP contribution in [0.3, 0.4) is 0 Å². The van der Waals surface area contributed by atoms with Crippen LogP contribution in [0.4, 0.5) is 0 Å². The van der Waals surface area contributed by atoms with Crippen LogP contribution in [0.25, 0.3) is 0 Å². The van der Waals surface area contributed by atoms with E-state index >= 15 is 0 Å². The molecule has 5 heteroatoms. The smallest absolute Gasteiger partial charge is 0.255 e. The van der Waals surface area contributed by atoms with Gasteiger partial charge in [0.2, 0.25) is 0 Å². The standard InChI is InChI=1S/C15H16N4O/c20-15(12-4-2-1-3-5-12)18-13-6-7-16-10-19-11-17-9-14(19)8-13/h1-6,8,11,16H,7,9-10H2,(H,18,20). The number of amides is 1. The Hall–Kier alpha value is -2.40. The zero-order valence-corrected chi connectivity index (χ0v) is 11.0. The highest BCUT2D eigenvalue weighted by Gasteiger charge is 2.15. The summed E-state index contributed by atoms with van der Waals surface area (Å²) in [4.78, 5) is 18.4. The molecule has 2 aliphatic rings. The number of allylic oxidation sites excluding steroid dienone is 1. The van der Waals surface area contributed by atoms with Crippen LogP contribution in [0.1, 0.15) is 10.4 Å². The van der Waals surface area contributed by atoms with Gasteiger partial charge in [-0.2, -0.15) is 0 Å². The molecule has 5 nitrogen and oxygen atoms in total. The number of carbonyl (C=O) groups excluding carboxylic acids is 1. The fraction of sp³-hybridized carbons (Fsp3) is 0.200. The SMILES string of the molecule is O=C(NC1=CCNCN2C=NCC2=C1)c1ccccc1. The Bertz CT molecular complexity index is 589. The van der Waals surface area contributed by atoms with Gasteiger partial charge in [0.1, 0.15) is 0 Å². The van der Waals surface area contributed by atoms with Crippen molar-refractivity contribution in [2.24, 2.45) is 4.99 Å². The van der Waals surface area contributed by atoms with Gasteiger partial charge in [0.15, 0.2) is 0 Å². The first kappa shape index (κ1) is 12.6. The second-order valence-corrected chi connectivity index (χ2v) is 4.65. The number of nitrogens with one attached hydrogen (secondary N) is 2. The topological polar surface area (TPSA) is 56.7 Å². The van der Waals surface area contributed by atoms with Crippen molar-refractivity contribution in [3.8, 4) is 0 Å². The van der Waals surface area contributed by atoms with Crippen LogP contribution in [0.5, 0.6) is 0 Å². The van der Waals surface area contributed by atoms with E-state index in [0.29, 0.717) is 18.7 Å². The molecule has 2 N–H and O–H groups in total. The van der Waals surface area contributed by atoms with E-state index in [9.17, 15) is 4.79 Å². The fourth-order valence-corrected chi connectivity index (χ4v) is 2.15. The van der Waals surface area contributed by atoms with Gasteiger partial charge in [-0.3, -0.25) is 15.1 Å². The van der Waals surface area contributed by atoms with E-state index in [1.807, 2.05) is 41.6 Å². The van der Waals surface area contributed by atoms with Crippen LogP contribution < -0.4 is 10.6 Å². The highest BCUT2D eigenvalue weighted by Crippen LogP contribution is 2.12. The van der Waals surface area contributed by atoms with Crippen molar-refractivity contribution in [1.29, 1.82) is 0 Å². The fourth-order valence-electron chi connectivity index (χ4n) is 2.15. The Morgan fingerprint density at radius 2 is 2.15 bits per heavy atom. The van der Waals surface area contributed by atoms with Crippen molar-refractivity contribution < 1.29 is 4.79 Å². The number of hydrogen-bond donors (Lipinski definition) is 2. The molecule has 1 aromatic rings. The molecule has 2 aliphatic heterocycles. The normalized spacial score (nSPS) is 17.7. The zero-order valence-electron chi connectivity index (χ0n) is 11.0. The largest absolute Gasteiger partial charge is 0.322 e. The van der Waals surface area contributed by atoms with E-state index in [4.69, 9.17) is 0 Å². The average Bonchev–Trinajstić information content (AvgIpc) is 2.88. The lowest BCUT2D eigenvalue weighted by atomic mass is 10.2. The van der Waals surface area contributed by atoms with E-state index in [1.54, 1.807) is 12.1 Å². The highest BCUT2D eigenvalue weighted by atomic mass is 16.1. The van der Waals surface area contributed by atoms with Crippen LogP contribution in [0, 0.1) is 0 Å². The highest BCUT2D eigenvalue weighted by molar-refractivity contribution is 5.95. The maximum atomic E-state index is 12.2. The number of rotatable bonds is 2.